The lowest BCUT2D eigenvalue weighted by Crippen LogP contribution is -2.02. The van der Waals surface area contributed by atoms with E-state index in [2.05, 4.69) is 0 Å². The quantitative estimate of drug-likeness (QED) is 0.436. The predicted octanol–water partition coefficient (Wildman–Crippen LogP) is 2.62. The first-order valence-electron chi connectivity index (χ1n) is 6.12. The fourth-order valence-electron chi connectivity index (χ4n) is 2.14. The molecule has 0 radical (unpaired) electrons. The summed E-state index contributed by atoms with van der Waals surface area (Å²) in [6.45, 7) is 0. The average Bonchev–Trinajstić information content (AvgIpc) is 2.45. The van der Waals surface area contributed by atoms with Crippen molar-refractivity contribution in [3.05, 3.63) is 40.6 Å². The van der Waals surface area contributed by atoms with Crippen LogP contribution in [0.25, 0.3) is 22.3 Å². The van der Waals surface area contributed by atoms with Crippen LogP contribution < -0.4 is 5.43 Å². The summed E-state index contributed by atoms with van der Waals surface area (Å²) in [4.78, 5) is 12.1. The van der Waals surface area contributed by atoms with Gasteiger partial charge in [0, 0.05) is 17.7 Å². The van der Waals surface area contributed by atoms with Gasteiger partial charge in [-0.1, -0.05) is 7.43 Å². The predicted molar refractivity (Wildman–Crippen MR) is 83.0 cm³/mol. The van der Waals surface area contributed by atoms with Crippen LogP contribution in [-0.4, -0.2) is 25.5 Å². The highest BCUT2D eigenvalue weighted by atomic mass is 16.4. The van der Waals surface area contributed by atoms with Crippen LogP contribution in [0.3, 0.4) is 0 Å². The standard InChI is InChI=1S/C15H10O7.CH4/c16-7-4-10(19)12-11(5-7)22-15(14(21)13(12)20)6-1-2-8(17)9(18)3-6;/h1-5,16-19,21H;1H4. The summed E-state index contributed by atoms with van der Waals surface area (Å²) in [5.41, 5.74) is -0.890. The molecule has 0 saturated heterocycles. The minimum absolute atomic E-state index is 0. The zero-order valence-corrected chi connectivity index (χ0v) is 10.9. The van der Waals surface area contributed by atoms with Gasteiger partial charge < -0.3 is 29.9 Å². The van der Waals surface area contributed by atoms with Crippen molar-refractivity contribution in [1.82, 2.24) is 0 Å². The van der Waals surface area contributed by atoms with Crippen molar-refractivity contribution in [2.24, 2.45) is 0 Å². The van der Waals surface area contributed by atoms with Gasteiger partial charge in [0.2, 0.25) is 11.2 Å². The number of aromatic hydroxyl groups is 5. The van der Waals surface area contributed by atoms with Crippen molar-refractivity contribution >= 4 is 11.0 Å². The molecule has 23 heavy (non-hydrogen) atoms. The van der Waals surface area contributed by atoms with E-state index in [0.717, 1.165) is 24.3 Å². The summed E-state index contributed by atoms with van der Waals surface area (Å²) >= 11 is 0. The van der Waals surface area contributed by atoms with Gasteiger partial charge in [-0.2, -0.15) is 0 Å². The zero-order valence-electron chi connectivity index (χ0n) is 10.9. The third kappa shape index (κ3) is 2.48. The molecule has 7 heteroatoms. The van der Waals surface area contributed by atoms with Gasteiger partial charge in [0.25, 0.3) is 0 Å². The summed E-state index contributed by atoms with van der Waals surface area (Å²) in [7, 11) is 0. The van der Waals surface area contributed by atoms with Gasteiger partial charge in [0.15, 0.2) is 17.3 Å². The maximum atomic E-state index is 12.1. The second-order valence-corrected chi connectivity index (χ2v) is 4.65. The number of benzene rings is 2. The van der Waals surface area contributed by atoms with E-state index in [4.69, 9.17) is 4.42 Å². The van der Waals surface area contributed by atoms with E-state index < -0.39 is 22.7 Å². The molecule has 0 atom stereocenters. The Hall–Kier alpha value is -3.35. The van der Waals surface area contributed by atoms with Crippen molar-refractivity contribution in [3.63, 3.8) is 0 Å². The Bertz CT molecular complexity index is 957. The summed E-state index contributed by atoms with van der Waals surface area (Å²) in [6, 6.07) is 5.64. The second-order valence-electron chi connectivity index (χ2n) is 4.65. The molecule has 3 aromatic rings. The van der Waals surface area contributed by atoms with Crippen molar-refractivity contribution < 1.29 is 29.9 Å². The number of phenolic OH excluding ortho intramolecular Hbond substituents is 4. The fourth-order valence-corrected chi connectivity index (χ4v) is 2.14. The highest BCUT2D eigenvalue weighted by molar-refractivity contribution is 5.88. The summed E-state index contributed by atoms with van der Waals surface area (Å²) < 4.78 is 5.35. The van der Waals surface area contributed by atoms with Crippen LogP contribution in [0.15, 0.2) is 39.5 Å². The molecule has 7 nitrogen and oxygen atoms in total. The minimum Gasteiger partial charge on any atom is -0.508 e. The first kappa shape index (κ1) is 16.0. The van der Waals surface area contributed by atoms with E-state index in [9.17, 15) is 30.3 Å². The van der Waals surface area contributed by atoms with E-state index in [1.807, 2.05) is 0 Å². The SMILES string of the molecule is C.O=c1c(O)c(-c2ccc(O)c(O)c2)oc2cc(O)cc(O)c12. The van der Waals surface area contributed by atoms with Crippen LogP contribution in [-0.2, 0) is 0 Å². The molecule has 0 aliphatic rings. The van der Waals surface area contributed by atoms with E-state index in [1.165, 1.54) is 6.07 Å². The Labute approximate surface area is 129 Å². The highest BCUT2D eigenvalue weighted by Crippen LogP contribution is 2.37. The van der Waals surface area contributed by atoms with E-state index in [-0.39, 0.29) is 41.2 Å². The topological polar surface area (TPSA) is 131 Å². The van der Waals surface area contributed by atoms with Gasteiger partial charge in [-0.25, -0.2) is 0 Å². The van der Waals surface area contributed by atoms with Crippen LogP contribution >= 0.6 is 0 Å². The van der Waals surface area contributed by atoms with E-state index in [0.29, 0.717) is 0 Å². The molecule has 0 unspecified atom stereocenters. The molecule has 0 spiro atoms. The molecule has 0 saturated carbocycles. The van der Waals surface area contributed by atoms with Crippen LogP contribution in [0.1, 0.15) is 7.43 Å². The monoisotopic (exact) mass is 318 g/mol. The summed E-state index contributed by atoms with van der Waals surface area (Å²) in [5, 5.41) is 47.6. The number of hydrogen-bond acceptors (Lipinski definition) is 7. The first-order valence-corrected chi connectivity index (χ1v) is 6.12. The molecular formula is C16H14O7. The molecular weight excluding hydrogens is 304 g/mol. The lowest BCUT2D eigenvalue weighted by molar-refractivity contribution is 0.403. The van der Waals surface area contributed by atoms with Crippen LogP contribution in [0.5, 0.6) is 28.7 Å². The smallest absolute Gasteiger partial charge is 0.238 e. The normalized spacial score (nSPS) is 10.4. The van der Waals surface area contributed by atoms with Gasteiger partial charge >= 0.3 is 0 Å². The third-order valence-corrected chi connectivity index (χ3v) is 3.17. The summed E-state index contributed by atoms with van der Waals surface area (Å²) in [6.07, 6.45) is 0. The molecule has 5 N–H and O–H groups in total. The Morgan fingerprint density at radius 3 is 2.17 bits per heavy atom. The molecule has 1 heterocycles. The molecule has 0 amide bonds. The molecule has 2 aromatic carbocycles. The highest BCUT2D eigenvalue weighted by Gasteiger charge is 2.19. The van der Waals surface area contributed by atoms with Gasteiger partial charge in [-0.3, -0.25) is 4.79 Å². The van der Waals surface area contributed by atoms with Crippen LogP contribution in [0.2, 0.25) is 0 Å². The Balaban J connectivity index is 0.00000192. The minimum atomic E-state index is -0.888. The van der Waals surface area contributed by atoms with Crippen molar-refractivity contribution in [3.8, 4) is 40.1 Å². The van der Waals surface area contributed by atoms with Crippen LogP contribution in [0, 0.1) is 0 Å². The maximum Gasteiger partial charge on any atom is 0.238 e. The molecule has 0 bridgehead atoms. The van der Waals surface area contributed by atoms with Gasteiger partial charge in [-0.15, -0.1) is 0 Å². The second kappa shape index (κ2) is 5.45. The molecule has 3 rings (SSSR count). The molecule has 0 aliphatic heterocycles. The largest absolute Gasteiger partial charge is 0.508 e. The van der Waals surface area contributed by atoms with Gasteiger partial charge in [-0.05, 0) is 18.2 Å². The molecule has 1 aromatic heterocycles. The summed E-state index contributed by atoms with van der Waals surface area (Å²) in [5.74, 6) is -2.71. The fraction of sp³-hybridized carbons (Fsp3) is 0.0625. The first-order chi connectivity index (χ1) is 10.4. The molecule has 0 fully saturated rings. The number of hydrogen-bond donors (Lipinski definition) is 5. The van der Waals surface area contributed by atoms with Crippen LogP contribution in [0.4, 0.5) is 0 Å². The maximum absolute atomic E-state index is 12.1. The lowest BCUT2D eigenvalue weighted by Gasteiger charge is -2.08. The number of phenols is 4. The Kier molecular flexibility index (Phi) is 3.80. The van der Waals surface area contributed by atoms with Crippen molar-refractivity contribution in [1.29, 1.82) is 0 Å². The molecule has 0 aliphatic carbocycles. The number of rotatable bonds is 1. The average molecular weight is 318 g/mol. The lowest BCUT2D eigenvalue weighted by atomic mass is 10.1. The Morgan fingerprint density at radius 2 is 1.52 bits per heavy atom. The zero-order chi connectivity index (χ0) is 16.0. The van der Waals surface area contributed by atoms with Crippen molar-refractivity contribution in [2.75, 3.05) is 0 Å². The molecule has 120 valence electrons. The Morgan fingerprint density at radius 1 is 0.826 bits per heavy atom. The van der Waals surface area contributed by atoms with E-state index in [1.54, 1.807) is 0 Å². The van der Waals surface area contributed by atoms with Gasteiger partial charge in [0.05, 0.1) is 0 Å². The van der Waals surface area contributed by atoms with Crippen molar-refractivity contribution in [2.45, 2.75) is 7.43 Å². The van der Waals surface area contributed by atoms with E-state index >= 15 is 0 Å². The third-order valence-electron chi connectivity index (χ3n) is 3.17. The van der Waals surface area contributed by atoms with Gasteiger partial charge in [0.1, 0.15) is 22.5 Å². The number of fused-ring (bicyclic) bond motifs is 1.